The molecule has 0 saturated heterocycles. The van der Waals surface area contributed by atoms with Gasteiger partial charge in [0, 0.05) is 6.04 Å². The summed E-state index contributed by atoms with van der Waals surface area (Å²) in [5.74, 6) is -0.345. The Morgan fingerprint density at radius 1 is 1.35 bits per heavy atom. The highest BCUT2D eigenvalue weighted by atomic mass is 16.4. The van der Waals surface area contributed by atoms with E-state index in [1.54, 1.807) is 6.07 Å². The van der Waals surface area contributed by atoms with Crippen molar-refractivity contribution in [3.8, 4) is 0 Å². The second-order valence-electron chi connectivity index (χ2n) is 5.07. The third kappa shape index (κ3) is 3.27. The van der Waals surface area contributed by atoms with E-state index in [1.807, 2.05) is 0 Å². The number of hydrogen-bond acceptors (Lipinski definition) is 3. The molecule has 0 amide bonds. The molecule has 0 bridgehead atoms. The molecule has 106 valence electrons. The van der Waals surface area contributed by atoms with Gasteiger partial charge < -0.3 is 14.8 Å². The maximum atomic E-state index is 10.8. The minimum Gasteiger partial charge on any atom is -0.478 e. The van der Waals surface area contributed by atoms with E-state index in [2.05, 4.69) is 44.3 Å². The van der Waals surface area contributed by atoms with Crippen LogP contribution in [0.15, 0.2) is 34.9 Å². The van der Waals surface area contributed by atoms with Crippen LogP contribution in [0.1, 0.15) is 45.8 Å². The van der Waals surface area contributed by atoms with Gasteiger partial charge >= 0.3 is 5.97 Å². The van der Waals surface area contributed by atoms with Crippen LogP contribution in [0.25, 0.3) is 0 Å². The average Bonchev–Trinajstić information content (AvgIpc) is 2.88. The lowest BCUT2D eigenvalue weighted by Gasteiger charge is -2.16. The molecular weight excluding hydrogens is 254 g/mol. The van der Waals surface area contributed by atoms with Crippen LogP contribution in [0.5, 0.6) is 0 Å². The monoisotopic (exact) mass is 273 g/mol. The second-order valence-corrected chi connectivity index (χ2v) is 5.07. The normalized spacial score (nSPS) is 12.3. The van der Waals surface area contributed by atoms with Crippen LogP contribution in [-0.2, 0) is 6.54 Å². The Bertz CT molecular complexity index is 616. The molecule has 0 fully saturated rings. The molecule has 0 spiro atoms. The first-order valence-electron chi connectivity index (χ1n) is 6.58. The number of carbonyl (C=O) groups is 1. The molecule has 1 aromatic carbocycles. The molecule has 0 aliphatic rings. The molecule has 4 nitrogen and oxygen atoms in total. The summed E-state index contributed by atoms with van der Waals surface area (Å²) in [4.78, 5) is 10.8. The van der Waals surface area contributed by atoms with E-state index in [0.717, 1.165) is 0 Å². The van der Waals surface area contributed by atoms with Gasteiger partial charge in [0.1, 0.15) is 12.0 Å². The fraction of sp³-hybridized carbons (Fsp3) is 0.312. The van der Waals surface area contributed by atoms with Crippen LogP contribution in [-0.4, -0.2) is 11.1 Å². The van der Waals surface area contributed by atoms with E-state index in [9.17, 15) is 4.79 Å². The number of rotatable bonds is 5. The number of aromatic carboxylic acids is 1. The lowest BCUT2D eigenvalue weighted by atomic mass is 10.00. The Labute approximate surface area is 118 Å². The second kappa shape index (κ2) is 5.92. The first-order chi connectivity index (χ1) is 9.47. The number of carboxylic acids is 1. The van der Waals surface area contributed by atoms with Crippen molar-refractivity contribution in [3.05, 3.63) is 58.5 Å². The van der Waals surface area contributed by atoms with E-state index >= 15 is 0 Å². The zero-order valence-electron chi connectivity index (χ0n) is 11.9. The Hall–Kier alpha value is -2.07. The van der Waals surface area contributed by atoms with Gasteiger partial charge in [-0.25, -0.2) is 4.79 Å². The van der Waals surface area contributed by atoms with Gasteiger partial charge in [-0.3, -0.25) is 0 Å². The van der Waals surface area contributed by atoms with Gasteiger partial charge in [-0.05, 0) is 38.0 Å². The minimum atomic E-state index is -0.970. The van der Waals surface area contributed by atoms with Gasteiger partial charge in [-0.15, -0.1) is 0 Å². The largest absolute Gasteiger partial charge is 0.478 e. The quantitative estimate of drug-likeness (QED) is 0.876. The number of nitrogens with one attached hydrogen (secondary N) is 1. The molecule has 1 aromatic heterocycles. The van der Waals surface area contributed by atoms with Crippen LogP contribution >= 0.6 is 0 Å². The first-order valence-corrected chi connectivity index (χ1v) is 6.58. The van der Waals surface area contributed by atoms with Crippen molar-refractivity contribution in [3.63, 3.8) is 0 Å². The third-order valence-electron chi connectivity index (χ3n) is 3.38. The van der Waals surface area contributed by atoms with E-state index in [4.69, 9.17) is 9.52 Å². The lowest BCUT2D eigenvalue weighted by Crippen LogP contribution is -2.18. The van der Waals surface area contributed by atoms with Crippen molar-refractivity contribution in [2.24, 2.45) is 0 Å². The minimum absolute atomic E-state index is 0.174. The fourth-order valence-corrected chi connectivity index (χ4v) is 2.18. The highest BCUT2D eigenvalue weighted by molar-refractivity contribution is 5.87. The summed E-state index contributed by atoms with van der Waals surface area (Å²) < 4.78 is 5.22. The molecule has 0 aliphatic heterocycles. The van der Waals surface area contributed by atoms with E-state index in [1.165, 1.54) is 23.0 Å². The maximum absolute atomic E-state index is 10.8. The van der Waals surface area contributed by atoms with Crippen LogP contribution in [0.3, 0.4) is 0 Å². The van der Waals surface area contributed by atoms with Crippen LogP contribution in [0.4, 0.5) is 0 Å². The Morgan fingerprint density at radius 2 is 2.10 bits per heavy atom. The molecule has 2 aromatic rings. The van der Waals surface area contributed by atoms with Crippen molar-refractivity contribution < 1.29 is 14.3 Å². The van der Waals surface area contributed by atoms with Gasteiger partial charge in [0.2, 0.25) is 0 Å². The Balaban J connectivity index is 2.02. The van der Waals surface area contributed by atoms with Crippen molar-refractivity contribution in [2.75, 3.05) is 0 Å². The summed E-state index contributed by atoms with van der Waals surface area (Å²) in [6.45, 7) is 6.74. The van der Waals surface area contributed by atoms with Crippen LogP contribution < -0.4 is 5.32 Å². The zero-order chi connectivity index (χ0) is 14.7. The summed E-state index contributed by atoms with van der Waals surface area (Å²) in [6, 6.07) is 8.09. The molecule has 0 saturated carbocycles. The summed E-state index contributed by atoms with van der Waals surface area (Å²) in [7, 11) is 0. The first kappa shape index (κ1) is 14.3. The predicted molar refractivity (Wildman–Crippen MR) is 76.8 cm³/mol. The summed E-state index contributed by atoms with van der Waals surface area (Å²) in [6.07, 6.45) is 1.27. The Kier molecular flexibility index (Phi) is 4.25. The topological polar surface area (TPSA) is 62.5 Å². The number of furan rings is 1. The van der Waals surface area contributed by atoms with Gasteiger partial charge in [0.25, 0.3) is 0 Å². The highest BCUT2D eigenvalue weighted by Gasteiger charge is 2.11. The van der Waals surface area contributed by atoms with Crippen LogP contribution in [0, 0.1) is 13.8 Å². The van der Waals surface area contributed by atoms with E-state index < -0.39 is 5.97 Å². The smallest absolute Gasteiger partial charge is 0.338 e. The fourth-order valence-electron chi connectivity index (χ4n) is 2.18. The molecule has 4 heteroatoms. The zero-order valence-corrected chi connectivity index (χ0v) is 11.9. The number of aryl methyl sites for hydroxylation is 2. The summed E-state index contributed by atoms with van der Waals surface area (Å²) in [5, 5.41) is 12.2. The molecule has 2 rings (SSSR count). The van der Waals surface area contributed by atoms with Gasteiger partial charge in [0.05, 0.1) is 12.1 Å². The molecule has 1 heterocycles. The Morgan fingerprint density at radius 3 is 2.75 bits per heavy atom. The van der Waals surface area contributed by atoms with Gasteiger partial charge in [0.15, 0.2) is 0 Å². The standard InChI is InChI=1S/C16H19NO3/c1-10-4-5-11(2)15(6-10)12(3)17-8-14-7-13(9-20-14)16(18)19/h4-7,9,12,17H,8H2,1-3H3,(H,18,19). The summed E-state index contributed by atoms with van der Waals surface area (Å²) >= 11 is 0. The number of carboxylic acid groups (broad SMARTS) is 1. The molecule has 1 atom stereocenters. The molecule has 2 N–H and O–H groups in total. The molecule has 0 aliphatic carbocycles. The van der Waals surface area contributed by atoms with Crippen molar-refractivity contribution >= 4 is 5.97 Å². The molecular formula is C16H19NO3. The van der Waals surface area contributed by atoms with Gasteiger partial charge in [-0.1, -0.05) is 23.8 Å². The summed E-state index contributed by atoms with van der Waals surface area (Å²) in [5.41, 5.74) is 3.89. The molecule has 0 radical (unpaired) electrons. The number of benzene rings is 1. The van der Waals surface area contributed by atoms with Crippen molar-refractivity contribution in [1.29, 1.82) is 0 Å². The average molecular weight is 273 g/mol. The molecule has 20 heavy (non-hydrogen) atoms. The highest BCUT2D eigenvalue weighted by Crippen LogP contribution is 2.19. The van der Waals surface area contributed by atoms with Crippen LogP contribution in [0.2, 0.25) is 0 Å². The maximum Gasteiger partial charge on any atom is 0.338 e. The van der Waals surface area contributed by atoms with Gasteiger partial charge in [-0.2, -0.15) is 0 Å². The van der Waals surface area contributed by atoms with E-state index in [-0.39, 0.29) is 11.6 Å². The lowest BCUT2D eigenvalue weighted by molar-refractivity contribution is 0.0696. The number of hydrogen-bond donors (Lipinski definition) is 2. The predicted octanol–water partition coefficient (Wildman–Crippen LogP) is 3.45. The van der Waals surface area contributed by atoms with Crippen molar-refractivity contribution in [1.82, 2.24) is 5.32 Å². The van der Waals surface area contributed by atoms with Crippen molar-refractivity contribution in [2.45, 2.75) is 33.4 Å². The SMILES string of the molecule is Cc1ccc(C)c(C(C)NCc2cc(C(=O)O)co2)c1. The molecule has 1 unspecified atom stereocenters. The van der Waals surface area contributed by atoms with E-state index in [0.29, 0.717) is 12.3 Å². The third-order valence-corrected chi connectivity index (χ3v) is 3.38.